The van der Waals surface area contributed by atoms with Crippen molar-refractivity contribution in [2.24, 2.45) is 0 Å². The van der Waals surface area contributed by atoms with Gasteiger partial charge in [-0.2, -0.15) is 0 Å². The van der Waals surface area contributed by atoms with Crippen molar-refractivity contribution in [3.05, 3.63) is 82.5 Å². The fourth-order valence-corrected chi connectivity index (χ4v) is 3.75. The maximum atomic E-state index is 12.8. The summed E-state index contributed by atoms with van der Waals surface area (Å²) in [5, 5.41) is 11.3. The van der Waals surface area contributed by atoms with Gasteiger partial charge in [0.15, 0.2) is 4.90 Å². The van der Waals surface area contributed by atoms with Crippen LogP contribution in [0.5, 0.6) is 0 Å². The van der Waals surface area contributed by atoms with Crippen molar-refractivity contribution in [2.75, 3.05) is 4.72 Å². The first-order chi connectivity index (χ1) is 12.4. The summed E-state index contributed by atoms with van der Waals surface area (Å²) in [6.07, 6.45) is 1.60. The first kappa shape index (κ1) is 17.6. The number of sulfonamides is 1. The monoisotopic (exact) mass is 369 g/mol. The number of nitrogens with one attached hydrogen (secondary N) is 1. The number of aromatic nitrogens is 1. The van der Waals surface area contributed by atoms with E-state index in [-0.39, 0.29) is 4.90 Å². The summed E-state index contributed by atoms with van der Waals surface area (Å²) >= 11 is 0. The van der Waals surface area contributed by atoms with E-state index >= 15 is 0 Å². The minimum absolute atomic E-state index is 0.293. The fraction of sp³-hybridized carbons (Fsp3) is 0.0556. The third kappa shape index (κ3) is 3.55. The van der Waals surface area contributed by atoms with Gasteiger partial charge in [-0.1, -0.05) is 30.3 Å². The van der Waals surface area contributed by atoms with Gasteiger partial charge in [0.05, 0.1) is 16.3 Å². The Morgan fingerprint density at radius 2 is 1.77 bits per heavy atom. The number of nitrogens with zero attached hydrogens (tertiary/aromatic N) is 2. The smallest absolute Gasteiger partial charge is 0.279 e. The Labute approximate surface area is 150 Å². The lowest BCUT2D eigenvalue weighted by atomic mass is 10.1. The van der Waals surface area contributed by atoms with Crippen molar-refractivity contribution < 1.29 is 13.3 Å². The van der Waals surface area contributed by atoms with Gasteiger partial charge in [-0.15, -0.1) is 0 Å². The van der Waals surface area contributed by atoms with Crippen molar-refractivity contribution >= 4 is 21.4 Å². The van der Waals surface area contributed by atoms with Crippen LogP contribution in [0.1, 0.15) is 5.56 Å². The average molecular weight is 369 g/mol. The minimum Gasteiger partial charge on any atom is -0.279 e. The topological polar surface area (TPSA) is 102 Å². The van der Waals surface area contributed by atoms with Gasteiger partial charge in [-0.3, -0.25) is 19.8 Å². The van der Waals surface area contributed by atoms with Gasteiger partial charge in [0.2, 0.25) is 0 Å². The molecule has 0 saturated carbocycles. The zero-order chi connectivity index (χ0) is 18.7. The summed E-state index contributed by atoms with van der Waals surface area (Å²) in [4.78, 5) is 14.4. The molecule has 26 heavy (non-hydrogen) atoms. The van der Waals surface area contributed by atoms with Crippen LogP contribution in [0.15, 0.2) is 71.8 Å². The van der Waals surface area contributed by atoms with Crippen LogP contribution in [-0.2, 0) is 10.0 Å². The van der Waals surface area contributed by atoms with E-state index in [9.17, 15) is 18.5 Å². The Balaban J connectivity index is 2.07. The minimum atomic E-state index is -4.16. The molecule has 0 atom stereocenters. The molecule has 1 N–H and O–H groups in total. The number of para-hydroxylation sites is 1. The van der Waals surface area contributed by atoms with Crippen molar-refractivity contribution in [1.82, 2.24) is 4.98 Å². The molecular formula is C18H15N3O4S. The van der Waals surface area contributed by atoms with E-state index in [0.717, 1.165) is 0 Å². The van der Waals surface area contributed by atoms with E-state index in [4.69, 9.17) is 0 Å². The number of rotatable bonds is 5. The summed E-state index contributed by atoms with van der Waals surface area (Å²) in [6, 6.07) is 16.0. The Bertz CT molecular complexity index is 1070. The number of pyridine rings is 1. The highest BCUT2D eigenvalue weighted by Crippen LogP contribution is 2.31. The average Bonchev–Trinajstić information content (AvgIpc) is 2.62. The first-order valence-electron chi connectivity index (χ1n) is 7.67. The molecule has 0 aliphatic carbocycles. The molecule has 8 heteroatoms. The van der Waals surface area contributed by atoms with Crippen molar-refractivity contribution in [3.63, 3.8) is 0 Å². The molecule has 3 aromatic rings. The van der Waals surface area contributed by atoms with Gasteiger partial charge >= 0.3 is 0 Å². The van der Waals surface area contributed by atoms with Gasteiger partial charge in [0.25, 0.3) is 15.7 Å². The number of hydrogen-bond acceptors (Lipinski definition) is 5. The van der Waals surface area contributed by atoms with E-state index in [1.807, 2.05) is 0 Å². The molecule has 2 aromatic carbocycles. The van der Waals surface area contributed by atoms with Crippen LogP contribution >= 0.6 is 0 Å². The van der Waals surface area contributed by atoms with Gasteiger partial charge in [0.1, 0.15) is 0 Å². The molecule has 1 heterocycles. The zero-order valence-electron chi connectivity index (χ0n) is 13.8. The molecule has 0 radical (unpaired) electrons. The molecule has 0 amide bonds. The predicted molar refractivity (Wildman–Crippen MR) is 98.3 cm³/mol. The summed E-state index contributed by atoms with van der Waals surface area (Å²) in [5.74, 6) is 0. The number of hydrogen-bond donors (Lipinski definition) is 1. The summed E-state index contributed by atoms with van der Waals surface area (Å²) in [6.45, 7) is 1.66. The highest BCUT2D eigenvalue weighted by atomic mass is 32.2. The lowest BCUT2D eigenvalue weighted by molar-refractivity contribution is -0.387. The third-order valence-corrected chi connectivity index (χ3v) is 5.13. The van der Waals surface area contributed by atoms with Crippen LogP contribution in [0.3, 0.4) is 0 Å². The van der Waals surface area contributed by atoms with Gasteiger partial charge in [-0.25, -0.2) is 8.42 Å². The summed E-state index contributed by atoms with van der Waals surface area (Å²) in [5.41, 5.74) is 1.59. The number of nitro groups is 1. The Kier molecular flexibility index (Phi) is 4.68. The molecule has 0 aliphatic rings. The van der Waals surface area contributed by atoms with E-state index in [1.54, 1.807) is 55.6 Å². The van der Waals surface area contributed by atoms with E-state index in [0.29, 0.717) is 22.5 Å². The first-order valence-corrected chi connectivity index (χ1v) is 9.15. The van der Waals surface area contributed by atoms with E-state index in [1.165, 1.54) is 18.2 Å². The molecular weight excluding hydrogens is 354 g/mol. The molecule has 0 bridgehead atoms. The quantitative estimate of drug-likeness (QED) is 0.545. The largest absolute Gasteiger partial charge is 0.290 e. The van der Waals surface area contributed by atoms with Crippen LogP contribution in [0.25, 0.3) is 11.3 Å². The SMILES string of the molecule is Cc1ccc(S(=O)(=O)Nc2ccccc2-c2ccccn2)c([N+](=O)[O-])c1. The van der Waals surface area contributed by atoms with Crippen LogP contribution < -0.4 is 4.72 Å². The van der Waals surface area contributed by atoms with E-state index < -0.39 is 20.6 Å². The van der Waals surface area contributed by atoms with Gasteiger partial charge < -0.3 is 0 Å². The predicted octanol–water partition coefficient (Wildman–Crippen LogP) is 3.77. The maximum absolute atomic E-state index is 12.8. The number of benzene rings is 2. The number of nitro benzene ring substituents is 1. The van der Waals surface area contributed by atoms with Crippen LogP contribution in [-0.4, -0.2) is 18.3 Å². The second-order valence-electron chi connectivity index (χ2n) is 5.59. The molecule has 0 fully saturated rings. The highest BCUT2D eigenvalue weighted by Gasteiger charge is 2.26. The molecule has 0 unspecified atom stereocenters. The van der Waals surface area contributed by atoms with E-state index in [2.05, 4.69) is 9.71 Å². The van der Waals surface area contributed by atoms with Crippen molar-refractivity contribution in [1.29, 1.82) is 0 Å². The molecule has 0 saturated heterocycles. The van der Waals surface area contributed by atoms with Crippen molar-refractivity contribution in [3.8, 4) is 11.3 Å². The molecule has 0 aliphatic heterocycles. The molecule has 1 aromatic heterocycles. The normalized spacial score (nSPS) is 11.1. The Hall–Kier alpha value is -3.26. The number of aryl methyl sites for hydroxylation is 1. The molecule has 0 spiro atoms. The van der Waals surface area contributed by atoms with Crippen molar-refractivity contribution in [2.45, 2.75) is 11.8 Å². The van der Waals surface area contributed by atoms with Crippen LogP contribution in [0.4, 0.5) is 11.4 Å². The fourth-order valence-electron chi connectivity index (χ4n) is 2.51. The lowest BCUT2D eigenvalue weighted by Gasteiger charge is -2.12. The Morgan fingerprint density at radius 3 is 2.46 bits per heavy atom. The van der Waals surface area contributed by atoms with Gasteiger partial charge in [-0.05, 0) is 36.8 Å². The van der Waals surface area contributed by atoms with Crippen LogP contribution in [0, 0.1) is 17.0 Å². The maximum Gasteiger partial charge on any atom is 0.290 e. The van der Waals surface area contributed by atoms with Crippen LogP contribution in [0.2, 0.25) is 0 Å². The third-order valence-electron chi connectivity index (χ3n) is 3.71. The Morgan fingerprint density at radius 1 is 1.04 bits per heavy atom. The summed E-state index contributed by atoms with van der Waals surface area (Å²) in [7, 11) is -4.16. The second-order valence-corrected chi connectivity index (χ2v) is 7.25. The van der Waals surface area contributed by atoms with Gasteiger partial charge in [0, 0.05) is 17.8 Å². The zero-order valence-corrected chi connectivity index (χ0v) is 14.6. The summed E-state index contributed by atoms with van der Waals surface area (Å²) < 4.78 is 28.0. The highest BCUT2D eigenvalue weighted by molar-refractivity contribution is 7.92. The standard InChI is InChI=1S/C18H15N3O4S/c1-13-9-10-18(17(12-13)21(22)23)26(24,25)20-16-8-3-2-6-14(16)15-7-4-5-11-19-15/h2-12,20H,1H3. The molecule has 3 rings (SSSR count). The number of anilines is 1. The molecule has 7 nitrogen and oxygen atoms in total. The molecule has 132 valence electrons. The second kappa shape index (κ2) is 6.93. The lowest BCUT2D eigenvalue weighted by Crippen LogP contribution is -2.15.